The van der Waals surface area contributed by atoms with Gasteiger partial charge >= 0.3 is 0 Å². The Hall–Kier alpha value is -2.21. The highest BCUT2D eigenvalue weighted by Gasteiger charge is 2.27. The molecule has 1 fully saturated rings. The van der Waals surface area contributed by atoms with Crippen LogP contribution >= 0.6 is 0 Å². The van der Waals surface area contributed by atoms with Gasteiger partial charge in [-0.2, -0.15) is 4.31 Å². The van der Waals surface area contributed by atoms with Crippen molar-refractivity contribution in [3.63, 3.8) is 0 Å². The fourth-order valence-corrected chi connectivity index (χ4v) is 5.58. The van der Waals surface area contributed by atoms with Crippen LogP contribution in [-0.2, 0) is 24.8 Å². The first-order chi connectivity index (χ1) is 14.7. The molecule has 1 aliphatic heterocycles. The molecule has 0 amide bonds. The van der Waals surface area contributed by atoms with E-state index in [9.17, 15) is 21.2 Å². The summed E-state index contributed by atoms with van der Waals surface area (Å²) in [4.78, 5) is -0.151. The van der Waals surface area contributed by atoms with Gasteiger partial charge in [0.05, 0.1) is 34.4 Å². The zero-order valence-electron chi connectivity index (χ0n) is 17.2. The smallest absolute Gasteiger partial charge is 0.261 e. The molecule has 0 saturated carbocycles. The van der Waals surface area contributed by atoms with Crippen LogP contribution in [0.15, 0.2) is 52.3 Å². The van der Waals surface area contributed by atoms with E-state index in [-0.39, 0.29) is 28.6 Å². The lowest BCUT2D eigenvalue weighted by Crippen LogP contribution is -2.40. The number of morpholine rings is 1. The normalized spacial score (nSPS) is 15.5. The number of ether oxygens (including phenoxy) is 1. The van der Waals surface area contributed by atoms with Crippen LogP contribution in [0.3, 0.4) is 0 Å². The molecule has 0 aliphatic carbocycles. The molecule has 1 heterocycles. The van der Waals surface area contributed by atoms with Crippen LogP contribution < -0.4 is 10.0 Å². The number of hydrogen-bond donors (Lipinski definition) is 2. The van der Waals surface area contributed by atoms with Gasteiger partial charge in [0.1, 0.15) is 5.82 Å². The first-order valence-electron chi connectivity index (χ1n) is 9.98. The molecule has 11 heteroatoms. The summed E-state index contributed by atoms with van der Waals surface area (Å²) in [5.41, 5.74) is 0.565. The Morgan fingerprint density at radius 2 is 1.61 bits per heavy atom. The van der Waals surface area contributed by atoms with Crippen molar-refractivity contribution in [1.29, 1.82) is 0 Å². The summed E-state index contributed by atoms with van der Waals surface area (Å²) >= 11 is 0. The van der Waals surface area contributed by atoms with Gasteiger partial charge in [-0.15, -0.1) is 0 Å². The van der Waals surface area contributed by atoms with Crippen molar-refractivity contribution in [2.75, 3.05) is 42.9 Å². The van der Waals surface area contributed by atoms with Crippen molar-refractivity contribution in [3.05, 3.63) is 48.3 Å². The molecule has 0 spiro atoms. The maximum Gasteiger partial charge on any atom is 0.261 e. The zero-order valence-corrected chi connectivity index (χ0v) is 18.8. The molecule has 2 N–H and O–H groups in total. The summed E-state index contributed by atoms with van der Waals surface area (Å²) in [5, 5.41) is 3.14. The number of nitrogens with zero attached hydrogens (tertiary/aromatic N) is 1. The summed E-state index contributed by atoms with van der Waals surface area (Å²) in [6, 6.07) is 8.70. The van der Waals surface area contributed by atoms with Gasteiger partial charge in [0, 0.05) is 19.6 Å². The first-order valence-corrected chi connectivity index (χ1v) is 12.9. The van der Waals surface area contributed by atoms with Gasteiger partial charge in [-0.1, -0.05) is 13.3 Å². The van der Waals surface area contributed by atoms with Gasteiger partial charge in [0.2, 0.25) is 10.0 Å². The lowest BCUT2D eigenvalue weighted by Gasteiger charge is -2.26. The van der Waals surface area contributed by atoms with E-state index < -0.39 is 25.9 Å². The van der Waals surface area contributed by atoms with Crippen molar-refractivity contribution in [2.45, 2.75) is 29.6 Å². The lowest BCUT2D eigenvalue weighted by molar-refractivity contribution is 0.0730. The second kappa shape index (κ2) is 9.94. The van der Waals surface area contributed by atoms with Gasteiger partial charge in [-0.05, 0) is 48.9 Å². The fraction of sp³-hybridized carbons (Fsp3) is 0.400. The minimum Gasteiger partial charge on any atom is -0.383 e. The molecule has 3 rings (SSSR count). The Morgan fingerprint density at radius 1 is 0.968 bits per heavy atom. The predicted molar refractivity (Wildman–Crippen MR) is 117 cm³/mol. The van der Waals surface area contributed by atoms with Crippen LogP contribution in [0.1, 0.15) is 19.8 Å². The van der Waals surface area contributed by atoms with E-state index >= 15 is 0 Å². The third-order valence-electron chi connectivity index (χ3n) is 4.81. The molecule has 170 valence electrons. The molecule has 0 atom stereocenters. The second-order valence-electron chi connectivity index (χ2n) is 7.06. The Balaban J connectivity index is 1.96. The Kier molecular flexibility index (Phi) is 7.52. The van der Waals surface area contributed by atoms with E-state index in [1.165, 1.54) is 16.4 Å². The maximum atomic E-state index is 13.2. The quantitative estimate of drug-likeness (QED) is 0.545. The summed E-state index contributed by atoms with van der Waals surface area (Å²) in [6.45, 7) is 3.69. The monoisotopic (exact) mass is 471 g/mol. The minimum absolute atomic E-state index is 0.0211. The number of nitrogens with one attached hydrogen (secondary N) is 2. The number of unbranched alkanes of at least 4 members (excludes halogenated alkanes) is 1. The van der Waals surface area contributed by atoms with E-state index in [0.29, 0.717) is 25.4 Å². The highest BCUT2D eigenvalue weighted by Crippen LogP contribution is 2.30. The van der Waals surface area contributed by atoms with Crippen LogP contribution in [-0.4, -0.2) is 54.0 Å². The topological polar surface area (TPSA) is 105 Å². The van der Waals surface area contributed by atoms with Crippen molar-refractivity contribution < 1.29 is 26.0 Å². The van der Waals surface area contributed by atoms with E-state index in [2.05, 4.69) is 10.0 Å². The van der Waals surface area contributed by atoms with Crippen LogP contribution in [0.25, 0.3) is 0 Å². The number of sulfonamides is 2. The van der Waals surface area contributed by atoms with Crippen LogP contribution in [0, 0.1) is 5.82 Å². The molecule has 0 unspecified atom stereocenters. The maximum absolute atomic E-state index is 13.2. The molecule has 31 heavy (non-hydrogen) atoms. The summed E-state index contributed by atoms with van der Waals surface area (Å²) < 4.78 is 73.8. The largest absolute Gasteiger partial charge is 0.383 e. The molecule has 0 bridgehead atoms. The Labute approximate surface area is 182 Å². The van der Waals surface area contributed by atoms with Crippen LogP contribution in [0.5, 0.6) is 0 Å². The summed E-state index contributed by atoms with van der Waals surface area (Å²) in [6.07, 6.45) is 1.80. The third-order valence-corrected chi connectivity index (χ3v) is 8.09. The van der Waals surface area contributed by atoms with E-state index in [1.54, 1.807) is 6.07 Å². The van der Waals surface area contributed by atoms with Crippen molar-refractivity contribution >= 4 is 31.4 Å². The standard InChI is InChI=1S/C20H26FN3O5S2/c1-2-3-10-22-19-9-8-18(31(27,28)24-11-13-29-14-12-24)15-20(19)23-30(25,26)17-6-4-16(21)5-7-17/h4-9,15,22-23H,2-3,10-14H2,1H3. The molecule has 8 nitrogen and oxygen atoms in total. The number of benzene rings is 2. The lowest BCUT2D eigenvalue weighted by atomic mass is 10.2. The molecular weight excluding hydrogens is 445 g/mol. The SMILES string of the molecule is CCCCNc1ccc(S(=O)(=O)N2CCOCC2)cc1NS(=O)(=O)c1ccc(F)cc1. The van der Waals surface area contributed by atoms with Crippen molar-refractivity contribution in [1.82, 2.24) is 4.31 Å². The molecule has 0 radical (unpaired) electrons. The number of rotatable bonds is 9. The fourth-order valence-electron chi connectivity index (χ4n) is 3.08. The molecule has 1 aliphatic rings. The zero-order chi connectivity index (χ0) is 22.5. The summed E-state index contributed by atoms with van der Waals surface area (Å²) in [5.74, 6) is -0.556. The Bertz CT molecular complexity index is 1100. The average molecular weight is 472 g/mol. The van der Waals surface area contributed by atoms with Gasteiger partial charge < -0.3 is 10.1 Å². The minimum atomic E-state index is -4.06. The van der Waals surface area contributed by atoms with Gasteiger partial charge in [-0.25, -0.2) is 21.2 Å². The van der Waals surface area contributed by atoms with Crippen molar-refractivity contribution in [3.8, 4) is 0 Å². The molecule has 2 aromatic rings. The first kappa shape index (κ1) is 23.5. The van der Waals surface area contributed by atoms with E-state index in [4.69, 9.17) is 4.74 Å². The Morgan fingerprint density at radius 3 is 2.26 bits per heavy atom. The van der Waals surface area contributed by atoms with Gasteiger partial charge in [0.15, 0.2) is 0 Å². The van der Waals surface area contributed by atoms with Crippen LogP contribution in [0.2, 0.25) is 0 Å². The molecule has 0 aromatic heterocycles. The molecule has 2 aromatic carbocycles. The van der Waals surface area contributed by atoms with Gasteiger partial charge in [0.25, 0.3) is 10.0 Å². The average Bonchev–Trinajstić information content (AvgIpc) is 2.75. The summed E-state index contributed by atoms with van der Waals surface area (Å²) in [7, 11) is -7.87. The molecular formula is C20H26FN3O5S2. The highest BCUT2D eigenvalue weighted by atomic mass is 32.2. The number of halogens is 1. The van der Waals surface area contributed by atoms with E-state index in [1.807, 2.05) is 6.92 Å². The second-order valence-corrected chi connectivity index (χ2v) is 10.7. The number of anilines is 2. The third kappa shape index (κ3) is 5.73. The predicted octanol–water partition coefficient (Wildman–Crippen LogP) is 2.86. The number of hydrogen-bond acceptors (Lipinski definition) is 6. The highest BCUT2D eigenvalue weighted by molar-refractivity contribution is 7.92. The van der Waals surface area contributed by atoms with Gasteiger partial charge in [-0.3, -0.25) is 4.72 Å². The molecule has 1 saturated heterocycles. The van der Waals surface area contributed by atoms with Crippen molar-refractivity contribution in [2.24, 2.45) is 0 Å². The van der Waals surface area contributed by atoms with Crippen LogP contribution in [0.4, 0.5) is 15.8 Å². The van der Waals surface area contributed by atoms with E-state index in [0.717, 1.165) is 37.1 Å².